The molecule has 1 rings (SSSR count). The van der Waals surface area contributed by atoms with E-state index in [0.717, 1.165) is 12.8 Å². The van der Waals surface area contributed by atoms with E-state index in [0.29, 0.717) is 12.3 Å². The Hall–Kier alpha value is -0.710. The first-order valence-electron chi connectivity index (χ1n) is 5.86. The standard InChI is InChI=1S/C12H21NO3S/c1-12(2,3)16-11(15)9-6-5-7-13(9)10(14)8-17-4/h9H,5-8H2,1-4H3/t9-/m0/s1. The Balaban J connectivity index is 2.63. The van der Waals surface area contributed by atoms with E-state index in [-0.39, 0.29) is 17.9 Å². The van der Waals surface area contributed by atoms with Crippen molar-refractivity contribution in [1.82, 2.24) is 4.90 Å². The SMILES string of the molecule is CSCC(=O)N1CCC[C@H]1C(=O)OC(C)(C)C. The highest BCUT2D eigenvalue weighted by Crippen LogP contribution is 2.21. The minimum absolute atomic E-state index is 0.0332. The predicted molar refractivity (Wildman–Crippen MR) is 69.0 cm³/mol. The fourth-order valence-corrected chi connectivity index (χ4v) is 2.30. The topological polar surface area (TPSA) is 46.6 Å². The number of ether oxygens (including phenoxy) is 1. The number of hydrogen-bond acceptors (Lipinski definition) is 4. The van der Waals surface area contributed by atoms with Crippen molar-refractivity contribution in [3.05, 3.63) is 0 Å². The van der Waals surface area contributed by atoms with Gasteiger partial charge in [-0.05, 0) is 39.9 Å². The van der Waals surface area contributed by atoms with Crippen LogP contribution in [-0.4, -0.2) is 47.0 Å². The average molecular weight is 259 g/mol. The molecule has 0 N–H and O–H groups in total. The van der Waals surface area contributed by atoms with Gasteiger partial charge in [-0.25, -0.2) is 4.79 Å². The van der Waals surface area contributed by atoms with Crippen molar-refractivity contribution in [1.29, 1.82) is 0 Å². The molecular formula is C12H21NO3S. The molecule has 1 amide bonds. The van der Waals surface area contributed by atoms with Crippen LogP contribution in [0.5, 0.6) is 0 Å². The van der Waals surface area contributed by atoms with Gasteiger partial charge in [-0.2, -0.15) is 11.8 Å². The molecule has 0 unspecified atom stereocenters. The summed E-state index contributed by atoms with van der Waals surface area (Å²) in [5.74, 6) is 0.189. The lowest BCUT2D eigenvalue weighted by Gasteiger charge is -2.27. The number of hydrogen-bond donors (Lipinski definition) is 0. The zero-order valence-electron chi connectivity index (χ0n) is 11.0. The largest absolute Gasteiger partial charge is 0.458 e. The smallest absolute Gasteiger partial charge is 0.329 e. The van der Waals surface area contributed by atoms with E-state index >= 15 is 0 Å². The van der Waals surface area contributed by atoms with Crippen molar-refractivity contribution < 1.29 is 14.3 Å². The molecule has 0 aromatic rings. The van der Waals surface area contributed by atoms with Gasteiger partial charge in [-0.3, -0.25) is 4.79 Å². The van der Waals surface area contributed by atoms with Crippen molar-refractivity contribution >= 4 is 23.6 Å². The van der Waals surface area contributed by atoms with E-state index < -0.39 is 5.60 Å². The van der Waals surface area contributed by atoms with E-state index in [2.05, 4.69) is 0 Å². The maximum atomic E-state index is 12.0. The van der Waals surface area contributed by atoms with E-state index in [1.807, 2.05) is 27.0 Å². The van der Waals surface area contributed by atoms with Crippen molar-refractivity contribution in [2.75, 3.05) is 18.6 Å². The lowest BCUT2D eigenvalue weighted by Crippen LogP contribution is -2.44. The van der Waals surface area contributed by atoms with Gasteiger partial charge in [0.05, 0.1) is 5.75 Å². The average Bonchev–Trinajstić information content (AvgIpc) is 2.63. The van der Waals surface area contributed by atoms with Gasteiger partial charge in [0.2, 0.25) is 5.91 Å². The Labute approximate surface area is 107 Å². The van der Waals surface area contributed by atoms with Crippen molar-refractivity contribution in [3.8, 4) is 0 Å². The summed E-state index contributed by atoms with van der Waals surface area (Å²) in [6, 6.07) is -0.381. The Morgan fingerprint density at radius 3 is 2.59 bits per heavy atom. The number of carbonyl (C=O) groups is 2. The van der Waals surface area contributed by atoms with Crippen LogP contribution >= 0.6 is 11.8 Å². The summed E-state index contributed by atoms with van der Waals surface area (Å²) < 4.78 is 5.34. The van der Waals surface area contributed by atoms with Crippen LogP contribution in [0, 0.1) is 0 Å². The molecular weight excluding hydrogens is 238 g/mol. The second-order valence-electron chi connectivity index (χ2n) is 5.21. The zero-order chi connectivity index (χ0) is 13.1. The summed E-state index contributed by atoms with van der Waals surface area (Å²) in [4.78, 5) is 25.4. The minimum atomic E-state index is -0.492. The van der Waals surface area contributed by atoms with E-state index in [1.165, 1.54) is 11.8 Å². The Bertz CT molecular complexity index is 299. The highest BCUT2D eigenvalue weighted by molar-refractivity contribution is 7.99. The van der Waals surface area contributed by atoms with Crippen LogP contribution in [0.3, 0.4) is 0 Å². The van der Waals surface area contributed by atoms with Crippen LogP contribution in [0.2, 0.25) is 0 Å². The Kier molecular flexibility index (Phi) is 4.86. The highest BCUT2D eigenvalue weighted by atomic mass is 32.2. The normalized spacial score (nSPS) is 20.5. The number of amides is 1. The Morgan fingerprint density at radius 1 is 1.41 bits per heavy atom. The van der Waals surface area contributed by atoms with Gasteiger partial charge in [-0.15, -0.1) is 0 Å². The number of carbonyl (C=O) groups excluding carboxylic acids is 2. The minimum Gasteiger partial charge on any atom is -0.458 e. The molecule has 0 aromatic carbocycles. The van der Waals surface area contributed by atoms with Gasteiger partial charge in [0.1, 0.15) is 11.6 Å². The number of esters is 1. The fourth-order valence-electron chi connectivity index (χ4n) is 1.89. The molecule has 0 bridgehead atoms. The number of thioether (sulfide) groups is 1. The monoisotopic (exact) mass is 259 g/mol. The lowest BCUT2D eigenvalue weighted by molar-refractivity contribution is -0.162. The molecule has 1 heterocycles. The molecule has 0 aliphatic carbocycles. The molecule has 0 radical (unpaired) electrons. The molecule has 5 heteroatoms. The van der Waals surface area contributed by atoms with Gasteiger partial charge in [0.15, 0.2) is 0 Å². The summed E-state index contributed by atoms with van der Waals surface area (Å²) >= 11 is 1.48. The van der Waals surface area contributed by atoms with Gasteiger partial charge in [0.25, 0.3) is 0 Å². The Morgan fingerprint density at radius 2 is 2.06 bits per heavy atom. The number of nitrogens with zero attached hydrogens (tertiary/aromatic N) is 1. The predicted octanol–water partition coefficient (Wildman–Crippen LogP) is 1.68. The molecule has 4 nitrogen and oxygen atoms in total. The van der Waals surface area contributed by atoms with Crippen LogP contribution in [0.1, 0.15) is 33.6 Å². The van der Waals surface area contributed by atoms with Crippen molar-refractivity contribution in [2.45, 2.75) is 45.3 Å². The van der Waals surface area contributed by atoms with E-state index in [4.69, 9.17) is 4.74 Å². The molecule has 0 aromatic heterocycles. The third-order valence-electron chi connectivity index (χ3n) is 2.52. The number of likely N-dealkylation sites (tertiary alicyclic amines) is 1. The van der Waals surface area contributed by atoms with Crippen LogP contribution < -0.4 is 0 Å². The third-order valence-corrected chi connectivity index (χ3v) is 3.06. The number of rotatable bonds is 3. The second-order valence-corrected chi connectivity index (χ2v) is 6.08. The summed E-state index contributed by atoms with van der Waals surface area (Å²) in [6.45, 7) is 6.19. The second kappa shape index (κ2) is 5.76. The maximum Gasteiger partial charge on any atom is 0.329 e. The van der Waals surface area contributed by atoms with Crippen LogP contribution in [0.25, 0.3) is 0 Å². The van der Waals surface area contributed by atoms with Gasteiger partial charge in [0, 0.05) is 6.54 Å². The van der Waals surface area contributed by atoms with E-state index in [1.54, 1.807) is 4.90 Å². The molecule has 0 saturated carbocycles. The summed E-state index contributed by atoms with van der Waals surface area (Å²) in [5.41, 5.74) is -0.492. The summed E-state index contributed by atoms with van der Waals surface area (Å²) in [6.07, 6.45) is 3.48. The van der Waals surface area contributed by atoms with Crippen molar-refractivity contribution in [2.24, 2.45) is 0 Å². The molecule has 0 spiro atoms. The summed E-state index contributed by atoms with van der Waals surface area (Å²) in [5, 5.41) is 0. The molecule has 1 fully saturated rings. The first kappa shape index (κ1) is 14.4. The fraction of sp³-hybridized carbons (Fsp3) is 0.833. The van der Waals surface area contributed by atoms with Crippen molar-refractivity contribution in [3.63, 3.8) is 0 Å². The third kappa shape index (κ3) is 4.22. The zero-order valence-corrected chi connectivity index (χ0v) is 11.8. The molecule has 1 saturated heterocycles. The van der Waals surface area contributed by atoms with Crippen LogP contribution in [-0.2, 0) is 14.3 Å². The van der Waals surface area contributed by atoms with E-state index in [9.17, 15) is 9.59 Å². The highest BCUT2D eigenvalue weighted by Gasteiger charge is 2.36. The molecule has 98 valence electrons. The lowest BCUT2D eigenvalue weighted by atomic mass is 10.1. The van der Waals surface area contributed by atoms with Crippen LogP contribution in [0.15, 0.2) is 0 Å². The molecule has 1 aliphatic rings. The quantitative estimate of drug-likeness (QED) is 0.724. The van der Waals surface area contributed by atoms with Gasteiger partial charge >= 0.3 is 5.97 Å². The summed E-state index contributed by atoms with van der Waals surface area (Å²) in [7, 11) is 0. The van der Waals surface area contributed by atoms with Gasteiger partial charge in [-0.1, -0.05) is 0 Å². The first-order chi connectivity index (χ1) is 7.85. The first-order valence-corrected chi connectivity index (χ1v) is 7.26. The molecule has 1 atom stereocenters. The molecule has 1 aliphatic heterocycles. The van der Waals surface area contributed by atoms with Gasteiger partial charge < -0.3 is 9.64 Å². The molecule has 17 heavy (non-hydrogen) atoms. The maximum absolute atomic E-state index is 12.0. The van der Waals surface area contributed by atoms with Crippen LogP contribution in [0.4, 0.5) is 0 Å².